The first-order valence-corrected chi connectivity index (χ1v) is 13.4. The van der Waals surface area contributed by atoms with Gasteiger partial charge in [0.25, 0.3) is 0 Å². The smallest absolute Gasteiger partial charge is 0.247 e. The predicted molar refractivity (Wildman–Crippen MR) is 150 cm³/mol. The third kappa shape index (κ3) is 8.23. The molecule has 0 radical (unpaired) electrons. The highest BCUT2D eigenvalue weighted by molar-refractivity contribution is 9.10. The Balaban J connectivity index is 1.71. The molecule has 1 heterocycles. The van der Waals surface area contributed by atoms with Crippen LogP contribution >= 0.6 is 15.9 Å². The van der Waals surface area contributed by atoms with Crippen molar-refractivity contribution in [2.75, 3.05) is 13.1 Å². The molecule has 2 aromatic carbocycles. The van der Waals surface area contributed by atoms with E-state index in [2.05, 4.69) is 51.8 Å². The molecule has 0 saturated heterocycles. The van der Waals surface area contributed by atoms with Gasteiger partial charge in [-0.1, -0.05) is 71.7 Å². The molecular formula is C30H36BrN3O2. The van der Waals surface area contributed by atoms with Crippen LogP contribution in [0.4, 0.5) is 0 Å². The molecule has 190 valence electrons. The molecular weight excluding hydrogens is 514 g/mol. The van der Waals surface area contributed by atoms with Gasteiger partial charge >= 0.3 is 0 Å². The van der Waals surface area contributed by atoms with Gasteiger partial charge in [-0.25, -0.2) is 0 Å². The Morgan fingerprint density at radius 3 is 2.39 bits per heavy atom. The highest BCUT2D eigenvalue weighted by Crippen LogP contribution is 2.15. The molecule has 3 aromatic rings. The van der Waals surface area contributed by atoms with Gasteiger partial charge in [-0.2, -0.15) is 0 Å². The number of benzene rings is 2. The first-order chi connectivity index (χ1) is 17.4. The van der Waals surface area contributed by atoms with Gasteiger partial charge in [0, 0.05) is 41.6 Å². The summed E-state index contributed by atoms with van der Waals surface area (Å²) < 4.78 is 3.24. The summed E-state index contributed by atoms with van der Waals surface area (Å²) in [5, 5.41) is 0. The number of rotatable bonds is 12. The van der Waals surface area contributed by atoms with E-state index in [1.165, 1.54) is 5.56 Å². The van der Waals surface area contributed by atoms with Gasteiger partial charge in [0.1, 0.15) is 6.54 Å². The fourth-order valence-electron chi connectivity index (χ4n) is 3.96. The molecule has 0 N–H and O–H groups in total. The molecule has 0 spiro atoms. The summed E-state index contributed by atoms with van der Waals surface area (Å²) in [6.07, 6.45) is 7.33. The van der Waals surface area contributed by atoms with Crippen molar-refractivity contribution in [3.05, 3.63) is 100 Å². The second-order valence-corrected chi connectivity index (χ2v) is 10.1. The van der Waals surface area contributed by atoms with E-state index in [0.717, 1.165) is 35.1 Å². The van der Waals surface area contributed by atoms with E-state index >= 15 is 0 Å². The molecule has 0 atom stereocenters. The number of carbonyl (C=O) groups excluding carboxylic acids is 2. The minimum Gasteiger partial charge on any atom is -0.345 e. The van der Waals surface area contributed by atoms with Gasteiger partial charge in [0.05, 0.1) is 6.54 Å². The Morgan fingerprint density at radius 2 is 1.72 bits per heavy atom. The normalized spacial score (nSPS) is 11.2. The van der Waals surface area contributed by atoms with Crippen LogP contribution in [0.1, 0.15) is 50.4 Å². The Kier molecular flexibility index (Phi) is 10.6. The van der Waals surface area contributed by atoms with Gasteiger partial charge in [-0.3, -0.25) is 9.59 Å². The molecule has 0 saturated carbocycles. The highest BCUT2D eigenvalue weighted by atomic mass is 79.9. The largest absolute Gasteiger partial charge is 0.345 e. The maximum Gasteiger partial charge on any atom is 0.247 e. The first-order valence-electron chi connectivity index (χ1n) is 12.6. The molecule has 0 fully saturated rings. The van der Waals surface area contributed by atoms with Crippen LogP contribution in [0.15, 0.2) is 83.5 Å². The number of unbranched alkanes of at least 4 members (excludes halogenated alkanes) is 1. The molecule has 2 amide bonds. The van der Waals surface area contributed by atoms with Crippen molar-refractivity contribution in [3.8, 4) is 0 Å². The van der Waals surface area contributed by atoms with Crippen molar-refractivity contribution in [2.24, 2.45) is 0 Å². The van der Waals surface area contributed by atoms with Gasteiger partial charge < -0.3 is 14.4 Å². The van der Waals surface area contributed by atoms with Crippen LogP contribution in [0.5, 0.6) is 0 Å². The van der Waals surface area contributed by atoms with Gasteiger partial charge in [-0.15, -0.1) is 0 Å². The minimum atomic E-state index is -0.156. The lowest BCUT2D eigenvalue weighted by Gasteiger charge is -2.30. The molecule has 3 rings (SSSR count). The Labute approximate surface area is 223 Å². The number of halogens is 1. The van der Waals surface area contributed by atoms with E-state index in [1.807, 2.05) is 67.3 Å². The summed E-state index contributed by atoms with van der Waals surface area (Å²) in [6, 6.07) is 22.0. The van der Waals surface area contributed by atoms with Crippen LogP contribution in [-0.2, 0) is 22.7 Å². The van der Waals surface area contributed by atoms with Gasteiger partial charge in [0.2, 0.25) is 11.8 Å². The molecule has 0 bridgehead atoms. The number of carbonyl (C=O) groups is 2. The highest BCUT2D eigenvalue weighted by Gasteiger charge is 2.23. The summed E-state index contributed by atoms with van der Waals surface area (Å²) in [4.78, 5) is 30.0. The molecule has 1 aromatic heterocycles. The fraction of sp³-hybridized carbons (Fsp3) is 0.333. The van der Waals surface area contributed by atoms with Crippen LogP contribution in [0.3, 0.4) is 0 Å². The zero-order chi connectivity index (χ0) is 25.9. The summed E-state index contributed by atoms with van der Waals surface area (Å²) in [5.74, 6) is -0.189. The van der Waals surface area contributed by atoms with E-state index in [1.54, 1.807) is 17.1 Å². The number of hydrogen-bond donors (Lipinski definition) is 0. The molecule has 36 heavy (non-hydrogen) atoms. The Morgan fingerprint density at radius 1 is 1.00 bits per heavy atom. The predicted octanol–water partition coefficient (Wildman–Crippen LogP) is 6.38. The molecule has 0 aliphatic rings. The van der Waals surface area contributed by atoms with E-state index in [4.69, 9.17) is 0 Å². The third-order valence-electron chi connectivity index (χ3n) is 6.11. The van der Waals surface area contributed by atoms with Gasteiger partial charge in [-0.05, 0) is 61.7 Å². The van der Waals surface area contributed by atoms with Crippen molar-refractivity contribution < 1.29 is 9.59 Å². The van der Waals surface area contributed by atoms with Crippen LogP contribution in [-0.4, -0.2) is 45.3 Å². The first kappa shape index (κ1) is 27.5. The number of nitrogens with zero attached hydrogens (tertiary/aromatic N) is 3. The quantitative estimate of drug-likeness (QED) is 0.246. The molecule has 0 aliphatic carbocycles. The fourth-order valence-corrected chi connectivity index (χ4v) is 4.22. The van der Waals surface area contributed by atoms with E-state index in [-0.39, 0.29) is 24.4 Å². The Bertz CT molecular complexity index is 1140. The van der Waals surface area contributed by atoms with Crippen LogP contribution < -0.4 is 0 Å². The van der Waals surface area contributed by atoms with Gasteiger partial charge in [0.15, 0.2) is 0 Å². The van der Waals surface area contributed by atoms with Crippen molar-refractivity contribution >= 4 is 33.8 Å². The van der Waals surface area contributed by atoms with Crippen molar-refractivity contribution in [1.82, 2.24) is 14.4 Å². The average molecular weight is 551 g/mol. The SMILES string of the molecule is CCCCN(Cc1cccn1Cc1ccc(Br)cc1)C(=O)CN(C(=O)C=Cc1ccccc1)C(C)C. The lowest BCUT2D eigenvalue weighted by molar-refractivity contribution is -0.140. The van der Waals surface area contributed by atoms with E-state index in [9.17, 15) is 9.59 Å². The second-order valence-electron chi connectivity index (χ2n) is 9.23. The third-order valence-corrected chi connectivity index (χ3v) is 6.64. The van der Waals surface area contributed by atoms with Crippen LogP contribution in [0, 0.1) is 0 Å². The number of hydrogen-bond acceptors (Lipinski definition) is 2. The number of aromatic nitrogens is 1. The average Bonchev–Trinajstić information content (AvgIpc) is 3.31. The Hall–Kier alpha value is -3.12. The summed E-state index contributed by atoms with van der Waals surface area (Å²) in [7, 11) is 0. The van der Waals surface area contributed by atoms with E-state index < -0.39 is 0 Å². The monoisotopic (exact) mass is 549 g/mol. The van der Waals surface area contributed by atoms with Crippen LogP contribution in [0.25, 0.3) is 6.08 Å². The molecule has 0 unspecified atom stereocenters. The number of amides is 2. The topological polar surface area (TPSA) is 45.6 Å². The summed E-state index contributed by atoms with van der Waals surface area (Å²) in [6.45, 7) is 8.00. The lowest BCUT2D eigenvalue weighted by atomic mass is 10.2. The standard InChI is InChI=1S/C30H36BrN3O2/c1-4-5-19-33(22-28-12-9-20-32(28)21-26-13-16-27(31)17-14-26)30(36)23-34(24(2)3)29(35)18-15-25-10-7-6-8-11-25/h6-18,20,24H,4-5,19,21-23H2,1-3H3. The summed E-state index contributed by atoms with van der Waals surface area (Å²) in [5.41, 5.74) is 3.23. The zero-order valence-corrected chi connectivity index (χ0v) is 23.0. The zero-order valence-electron chi connectivity index (χ0n) is 21.4. The molecule has 5 nitrogen and oxygen atoms in total. The van der Waals surface area contributed by atoms with Crippen LogP contribution in [0.2, 0.25) is 0 Å². The maximum atomic E-state index is 13.5. The lowest BCUT2D eigenvalue weighted by Crippen LogP contribution is -2.45. The molecule has 0 aliphatic heterocycles. The van der Waals surface area contributed by atoms with Crippen molar-refractivity contribution in [2.45, 2.75) is 52.7 Å². The van der Waals surface area contributed by atoms with Crippen molar-refractivity contribution in [1.29, 1.82) is 0 Å². The maximum absolute atomic E-state index is 13.5. The molecule has 6 heteroatoms. The van der Waals surface area contributed by atoms with Crippen molar-refractivity contribution in [3.63, 3.8) is 0 Å². The summed E-state index contributed by atoms with van der Waals surface area (Å²) >= 11 is 3.49. The minimum absolute atomic E-state index is 0.0324. The van der Waals surface area contributed by atoms with E-state index in [0.29, 0.717) is 13.1 Å². The second kappa shape index (κ2) is 13.8.